The molecule has 0 radical (unpaired) electrons. The number of hydrogen-bond acceptors (Lipinski definition) is 4. The van der Waals surface area contributed by atoms with Gasteiger partial charge in [-0.3, -0.25) is 9.48 Å². The first-order valence-corrected chi connectivity index (χ1v) is 10.7. The van der Waals surface area contributed by atoms with Crippen LogP contribution in [0.4, 0.5) is 0 Å². The quantitative estimate of drug-likeness (QED) is 0.675. The number of aryl methyl sites for hydroxylation is 2. The molecule has 1 amide bonds. The van der Waals surface area contributed by atoms with Crippen molar-refractivity contribution in [1.82, 2.24) is 19.6 Å². The van der Waals surface area contributed by atoms with E-state index >= 15 is 0 Å². The van der Waals surface area contributed by atoms with E-state index in [-0.39, 0.29) is 11.9 Å². The highest BCUT2D eigenvalue weighted by Crippen LogP contribution is 2.46. The summed E-state index contributed by atoms with van der Waals surface area (Å²) < 4.78 is 7.05. The van der Waals surface area contributed by atoms with Crippen molar-refractivity contribution in [1.29, 1.82) is 0 Å². The molecule has 0 unspecified atom stereocenters. The first-order valence-electron chi connectivity index (χ1n) is 10.7. The molecule has 0 spiro atoms. The van der Waals surface area contributed by atoms with Gasteiger partial charge in [-0.2, -0.15) is 5.10 Å². The van der Waals surface area contributed by atoms with Crippen LogP contribution in [-0.2, 0) is 11.3 Å². The van der Waals surface area contributed by atoms with Gasteiger partial charge in [-0.1, -0.05) is 24.3 Å². The second-order valence-electron chi connectivity index (χ2n) is 8.35. The Bertz CT molecular complexity index is 849. The number of nitrogens with zero attached hydrogens (tertiary/aromatic N) is 4. The zero-order chi connectivity index (χ0) is 20.4. The molecule has 1 aromatic heterocycles. The largest absolute Gasteiger partial charge is 0.385 e. The fourth-order valence-corrected chi connectivity index (χ4v) is 5.08. The van der Waals surface area contributed by atoms with Crippen molar-refractivity contribution in [2.45, 2.75) is 32.9 Å². The fourth-order valence-electron chi connectivity index (χ4n) is 5.08. The lowest BCUT2D eigenvalue weighted by Crippen LogP contribution is -2.36. The van der Waals surface area contributed by atoms with E-state index in [1.165, 1.54) is 11.1 Å². The van der Waals surface area contributed by atoms with Crippen LogP contribution in [0.25, 0.3) is 0 Å². The molecule has 0 saturated carbocycles. The Hall–Kier alpha value is -2.18. The van der Waals surface area contributed by atoms with Gasteiger partial charge < -0.3 is 14.5 Å². The molecule has 29 heavy (non-hydrogen) atoms. The van der Waals surface area contributed by atoms with Gasteiger partial charge in [0.1, 0.15) is 5.69 Å². The molecule has 3 atom stereocenters. The van der Waals surface area contributed by atoms with Crippen LogP contribution in [-0.4, -0.2) is 65.4 Å². The number of benzene rings is 1. The van der Waals surface area contributed by atoms with Gasteiger partial charge >= 0.3 is 0 Å². The van der Waals surface area contributed by atoms with Crippen molar-refractivity contribution >= 4 is 5.91 Å². The summed E-state index contributed by atoms with van der Waals surface area (Å²) in [6, 6.07) is 10.5. The molecule has 0 bridgehead atoms. The van der Waals surface area contributed by atoms with E-state index in [0.29, 0.717) is 17.5 Å². The highest BCUT2D eigenvalue weighted by Gasteiger charge is 2.49. The Kier molecular flexibility index (Phi) is 6.01. The molecule has 0 N–H and O–H groups in total. The Morgan fingerprint density at radius 2 is 2.03 bits per heavy atom. The molecule has 2 aromatic rings. The summed E-state index contributed by atoms with van der Waals surface area (Å²) in [5.74, 6) is 1.04. The molecule has 156 valence electrons. The number of amides is 1. The summed E-state index contributed by atoms with van der Waals surface area (Å²) >= 11 is 0. The third-order valence-corrected chi connectivity index (χ3v) is 6.51. The van der Waals surface area contributed by atoms with E-state index in [9.17, 15) is 4.79 Å². The third kappa shape index (κ3) is 3.96. The number of carbonyl (C=O) groups excluding carboxylic acids is 1. The van der Waals surface area contributed by atoms with Crippen LogP contribution in [0, 0.1) is 18.8 Å². The smallest absolute Gasteiger partial charge is 0.274 e. The van der Waals surface area contributed by atoms with Crippen LogP contribution in [0.1, 0.15) is 41.0 Å². The summed E-state index contributed by atoms with van der Waals surface area (Å²) in [7, 11) is 1.76. The van der Waals surface area contributed by atoms with Crippen LogP contribution in [0.5, 0.6) is 0 Å². The van der Waals surface area contributed by atoms with Gasteiger partial charge in [0.25, 0.3) is 5.91 Å². The van der Waals surface area contributed by atoms with Gasteiger partial charge in [0.2, 0.25) is 0 Å². The second kappa shape index (κ2) is 8.67. The van der Waals surface area contributed by atoms with Gasteiger partial charge in [0.05, 0.1) is 6.04 Å². The maximum absolute atomic E-state index is 13.4. The Morgan fingerprint density at radius 1 is 1.21 bits per heavy atom. The van der Waals surface area contributed by atoms with Crippen molar-refractivity contribution in [2.24, 2.45) is 11.8 Å². The van der Waals surface area contributed by atoms with E-state index < -0.39 is 0 Å². The summed E-state index contributed by atoms with van der Waals surface area (Å²) in [6.07, 6.45) is 2.95. The molecule has 0 aliphatic carbocycles. The van der Waals surface area contributed by atoms with E-state index in [1.54, 1.807) is 7.11 Å². The van der Waals surface area contributed by atoms with Crippen LogP contribution >= 0.6 is 0 Å². The maximum atomic E-state index is 13.4. The highest BCUT2D eigenvalue weighted by atomic mass is 16.5. The van der Waals surface area contributed by atoms with E-state index in [0.717, 1.165) is 45.8 Å². The molecular weight excluding hydrogens is 364 g/mol. The highest BCUT2D eigenvalue weighted by molar-refractivity contribution is 5.92. The molecule has 3 heterocycles. The summed E-state index contributed by atoms with van der Waals surface area (Å²) in [4.78, 5) is 18.1. The number of ether oxygens (including phenoxy) is 1. The number of methoxy groups -OCH3 is 1. The standard InChI is InChI=1S/C23H32N4O2/c1-4-26-12-10-21(24-26)23(28)27-15-18-14-25(11-7-13-29-3)16-20(18)22(27)19-9-6-5-8-17(19)2/h5-6,8-10,12,18,20,22H,4,7,11,13-16H2,1-3H3/t18-,20-,22+/m0/s1. The number of carbonyl (C=O) groups is 1. The minimum Gasteiger partial charge on any atom is -0.385 e. The predicted octanol–water partition coefficient (Wildman–Crippen LogP) is 2.99. The van der Waals surface area contributed by atoms with Crippen LogP contribution in [0.15, 0.2) is 36.5 Å². The van der Waals surface area contributed by atoms with Crippen LogP contribution < -0.4 is 0 Å². The predicted molar refractivity (Wildman–Crippen MR) is 113 cm³/mol. The number of fused-ring (bicyclic) bond motifs is 1. The van der Waals surface area contributed by atoms with Gasteiger partial charge in [0, 0.05) is 58.6 Å². The molecule has 4 rings (SSSR count). The molecule has 2 aliphatic heterocycles. The average Bonchev–Trinajstić information content (AvgIpc) is 3.42. The molecule has 2 aliphatic rings. The minimum absolute atomic E-state index is 0.0609. The van der Waals surface area contributed by atoms with Crippen LogP contribution in [0.3, 0.4) is 0 Å². The first kappa shape index (κ1) is 20.1. The maximum Gasteiger partial charge on any atom is 0.274 e. The topological polar surface area (TPSA) is 50.6 Å². The molecular formula is C23H32N4O2. The van der Waals surface area contributed by atoms with E-state index in [2.05, 4.69) is 46.1 Å². The number of aromatic nitrogens is 2. The van der Waals surface area contributed by atoms with Crippen molar-refractivity contribution in [2.75, 3.05) is 39.9 Å². The zero-order valence-electron chi connectivity index (χ0n) is 17.8. The number of hydrogen-bond donors (Lipinski definition) is 0. The second-order valence-corrected chi connectivity index (χ2v) is 8.35. The lowest BCUT2D eigenvalue weighted by molar-refractivity contribution is 0.0692. The summed E-state index contributed by atoms with van der Waals surface area (Å²) in [5, 5.41) is 4.48. The molecule has 1 aromatic carbocycles. The molecule has 6 heteroatoms. The average molecular weight is 397 g/mol. The van der Waals surface area contributed by atoms with Crippen molar-refractivity contribution < 1.29 is 9.53 Å². The normalized spacial score (nSPS) is 24.2. The summed E-state index contributed by atoms with van der Waals surface area (Å²) in [5.41, 5.74) is 3.09. The Balaban J connectivity index is 1.59. The Labute approximate surface area is 173 Å². The zero-order valence-corrected chi connectivity index (χ0v) is 17.8. The monoisotopic (exact) mass is 396 g/mol. The van der Waals surface area contributed by atoms with Crippen molar-refractivity contribution in [3.05, 3.63) is 53.3 Å². The fraction of sp³-hybridized carbons (Fsp3) is 0.565. The van der Waals surface area contributed by atoms with E-state index in [4.69, 9.17) is 4.74 Å². The van der Waals surface area contributed by atoms with Crippen LogP contribution in [0.2, 0.25) is 0 Å². The lowest BCUT2D eigenvalue weighted by Gasteiger charge is -2.30. The van der Waals surface area contributed by atoms with Crippen molar-refractivity contribution in [3.63, 3.8) is 0 Å². The Morgan fingerprint density at radius 3 is 2.76 bits per heavy atom. The molecule has 2 saturated heterocycles. The van der Waals surface area contributed by atoms with Gasteiger partial charge in [0.15, 0.2) is 0 Å². The van der Waals surface area contributed by atoms with Gasteiger partial charge in [-0.05, 0) is 43.4 Å². The third-order valence-electron chi connectivity index (χ3n) is 6.51. The van der Waals surface area contributed by atoms with Crippen molar-refractivity contribution in [3.8, 4) is 0 Å². The molecule has 2 fully saturated rings. The summed E-state index contributed by atoms with van der Waals surface area (Å²) in [6.45, 7) is 9.75. The minimum atomic E-state index is 0.0609. The van der Waals surface area contributed by atoms with E-state index in [1.807, 2.05) is 23.9 Å². The van der Waals surface area contributed by atoms with Gasteiger partial charge in [-0.25, -0.2) is 0 Å². The number of likely N-dealkylation sites (tertiary alicyclic amines) is 2. The first-order chi connectivity index (χ1) is 14.1. The number of rotatable bonds is 7. The lowest BCUT2D eigenvalue weighted by atomic mass is 9.87. The molecule has 6 nitrogen and oxygen atoms in total. The SMILES string of the molecule is CCn1ccc(C(=O)N2C[C@@H]3CN(CCCOC)C[C@@H]3[C@H]2c2ccccc2C)n1. The van der Waals surface area contributed by atoms with Gasteiger partial charge in [-0.15, -0.1) is 0 Å².